The van der Waals surface area contributed by atoms with Crippen molar-refractivity contribution in [2.24, 2.45) is 0 Å². The van der Waals surface area contributed by atoms with Gasteiger partial charge < -0.3 is 19.9 Å². The fraction of sp³-hybridized carbons (Fsp3) is 0.500. The zero-order chi connectivity index (χ0) is 21.5. The highest BCUT2D eigenvalue weighted by Gasteiger charge is 2.40. The number of rotatable bonds is 8. The predicted molar refractivity (Wildman–Crippen MR) is 121 cm³/mol. The molecule has 166 valence electrons. The third-order valence-electron chi connectivity index (χ3n) is 5.91. The molecule has 0 aliphatic carbocycles. The molecule has 2 N–H and O–H groups in total. The Morgan fingerprint density at radius 3 is 2.87 bits per heavy atom. The van der Waals surface area contributed by atoms with Crippen molar-refractivity contribution < 1.29 is 14.3 Å². The second-order valence-corrected chi connectivity index (χ2v) is 9.09. The summed E-state index contributed by atoms with van der Waals surface area (Å²) in [5.41, 5.74) is 1.18. The Morgan fingerprint density at radius 1 is 1.26 bits per heavy atom. The summed E-state index contributed by atoms with van der Waals surface area (Å²) in [4.78, 5) is 31.6. The number of hydrogen-bond donors (Lipinski definition) is 2. The summed E-state index contributed by atoms with van der Waals surface area (Å²) in [6.07, 6.45) is 6.61. The number of imidazole rings is 1. The number of amides is 2. The van der Waals surface area contributed by atoms with E-state index in [-0.39, 0.29) is 17.4 Å². The summed E-state index contributed by atoms with van der Waals surface area (Å²) >= 11 is 1.95. The van der Waals surface area contributed by atoms with Crippen molar-refractivity contribution in [2.75, 3.05) is 49.7 Å². The average molecular weight is 444 g/mol. The van der Waals surface area contributed by atoms with Crippen LogP contribution in [0.5, 0.6) is 0 Å². The van der Waals surface area contributed by atoms with E-state index in [1.54, 1.807) is 36.8 Å². The van der Waals surface area contributed by atoms with Gasteiger partial charge in [0.15, 0.2) is 0 Å². The van der Waals surface area contributed by atoms with E-state index in [9.17, 15) is 9.59 Å². The van der Waals surface area contributed by atoms with Crippen molar-refractivity contribution in [2.45, 2.75) is 24.9 Å². The SMILES string of the molecule is O=C(CCn1ccnc1)Nc1cccc(C(=O)NCC2(N3CCOCC3)CCSC2)c1. The molecular weight excluding hydrogens is 414 g/mol. The Hall–Kier alpha value is -2.36. The van der Waals surface area contributed by atoms with Gasteiger partial charge in [-0.15, -0.1) is 0 Å². The summed E-state index contributed by atoms with van der Waals surface area (Å²) in [6.45, 7) is 4.52. The zero-order valence-electron chi connectivity index (χ0n) is 17.6. The number of carbonyl (C=O) groups excluding carboxylic acids is 2. The molecule has 1 aromatic carbocycles. The second kappa shape index (κ2) is 10.3. The molecule has 1 aromatic heterocycles. The summed E-state index contributed by atoms with van der Waals surface area (Å²) < 4.78 is 7.36. The normalized spacial score (nSPS) is 21.7. The molecule has 0 spiro atoms. The lowest BCUT2D eigenvalue weighted by Gasteiger charge is -2.43. The summed E-state index contributed by atoms with van der Waals surface area (Å²) in [7, 11) is 0. The molecule has 2 fully saturated rings. The van der Waals surface area contributed by atoms with E-state index < -0.39 is 0 Å². The molecule has 31 heavy (non-hydrogen) atoms. The molecule has 1 atom stereocenters. The first kappa shape index (κ1) is 21.9. The molecule has 8 nitrogen and oxygen atoms in total. The topological polar surface area (TPSA) is 88.5 Å². The number of nitrogens with one attached hydrogen (secondary N) is 2. The molecule has 2 aromatic rings. The van der Waals surface area contributed by atoms with Gasteiger partial charge in [-0.1, -0.05) is 6.07 Å². The van der Waals surface area contributed by atoms with Gasteiger partial charge in [-0.3, -0.25) is 14.5 Å². The highest BCUT2D eigenvalue weighted by atomic mass is 32.2. The van der Waals surface area contributed by atoms with Crippen LogP contribution in [0.4, 0.5) is 5.69 Å². The fourth-order valence-electron chi connectivity index (χ4n) is 4.09. The van der Waals surface area contributed by atoms with Crippen LogP contribution < -0.4 is 10.6 Å². The number of nitrogens with zero attached hydrogens (tertiary/aromatic N) is 3. The monoisotopic (exact) mass is 443 g/mol. The lowest BCUT2D eigenvalue weighted by molar-refractivity contribution is -0.116. The maximum absolute atomic E-state index is 12.9. The van der Waals surface area contributed by atoms with Gasteiger partial charge in [0.2, 0.25) is 5.91 Å². The van der Waals surface area contributed by atoms with Crippen molar-refractivity contribution in [1.29, 1.82) is 0 Å². The molecule has 4 rings (SSSR count). The Kier molecular flexibility index (Phi) is 7.26. The van der Waals surface area contributed by atoms with Crippen LogP contribution in [0.15, 0.2) is 43.0 Å². The van der Waals surface area contributed by atoms with Gasteiger partial charge >= 0.3 is 0 Å². The Labute approximate surface area is 186 Å². The van der Waals surface area contributed by atoms with Crippen LogP contribution in [0.25, 0.3) is 0 Å². The molecule has 0 saturated carbocycles. The number of ether oxygens (including phenoxy) is 1. The lowest BCUT2D eigenvalue weighted by atomic mass is 9.95. The molecule has 0 radical (unpaired) electrons. The highest BCUT2D eigenvalue weighted by Crippen LogP contribution is 2.33. The smallest absolute Gasteiger partial charge is 0.251 e. The van der Waals surface area contributed by atoms with E-state index in [0.717, 1.165) is 44.2 Å². The fourth-order valence-corrected chi connectivity index (χ4v) is 5.57. The highest BCUT2D eigenvalue weighted by molar-refractivity contribution is 7.99. The largest absolute Gasteiger partial charge is 0.379 e. The molecule has 2 amide bonds. The van der Waals surface area contributed by atoms with E-state index in [2.05, 4.69) is 20.5 Å². The Balaban J connectivity index is 1.32. The number of thioether (sulfide) groups is 1. The minimum atomic E-state index is -0.112. The number of morpholine rings is 1. The van der Waals surface area contributed by atoms with E-state index in [1.165, 1.54) is 0 Å². The van der Waals surface area contributed by atoms with Gasteiger partial charge in [0.1, 0.15) is 0 Å². The minimum absolute atomic E-state index is 0.00323. The third kappa shape index (κ3) is 5.66. The van der Waals surface area contributed by atoms with Gasteiger partial charge in [0.25, 0.3) is 5.91 Å². The molecular formula is C22H29N5O3S. The zero-order valence-corrected chi connectivity index (χ0v) is 18.4. The van der Waals surface area contributed by atoms with Crippen LogP contribution >= 0.6 is 11.8 Å². The van der Waals surface area contributed by atoms with E-state index in [1.807, 2.05) is 22.5 Å². The van der Waals surface area contributed by atoms with Crippen LogP contribution in [0.1, 0.15) is 23.2 Å². The molecule has 1 unspecified atom stereocenters. The third-order valence-corrected chi connectivity index (χ3v) is 7.14. The number of hydrogen-bond acceptors (Lipinski definition) is 6. The van der Waals surface area contributed by atoms with Gasteiger partial charge in [-0.25, -0.2) is 4.98 Å². The summed E-state index contributed by atoms with van der Waals surface area (Å²) in [5.74, 6) is 1.94. The first-order valence-corrected chi connectivity index (χ1v) is 11.8. The molecule has 0 bridgehead atoms. The van der Waals surface area contributed by atoms with E-state index >= 15 is 0 Å². The molecule has 2 saturated heterocycles. The Bertz CT molecular complexity index is 877. The maximum atomic E-state index is 12.9. The molecule has 2 aliphatic rings. The van der Waals surface area contributed by atoms with Gasteiger partial charge in [-0.05, 0) is 30.4 Å². The predicted octanol–water partition coefficient (Wildman–Crippen LogP) is 1.85. The van der Waals surface area contributed by atoms with Crippen LogP contribution in [-0.4, -0.2) is 76.2 Å². The lowest BCUT2D eigenvalue weighted by Crippen LogP contribution is -2.59. The van der Waals surface area contributed by atoms with Crippen LogP contribution in [-0.2, 0) is 16.1 Å². The second-order valence-electron chi connectivity index (χ2n) is 7.99. The number of aryl methyl sites for hydroxylation is 1. The minimum Gasteiger partial charge on any atom is -0.379 e. The Morgan fingerprint density at radius 2 is 2.13 bits per heavy atom. The number of carbonyl (C=O) groups is 2. The number of benzene rings is 1. The first-order chi connectivity index (χ1) is 15.1. The summed E-state index contributed by atoms with van der Waals surface area (Å²) in [6, 6.07) is 7.11. The molecule has 2 aliphatic heterocycles. The van der Waals surface area contributed by atoms with E-state index in [0.29, 0.717) is 30.8 Å². The van der Waals surface area contributed by atoms with Crippen molar-refractivity contribution in [1.82, 2.24) is 19.8 Å². The maximum Gasteiger partial charge on any atom is 0.251 e. The molecule has 9 heteroatoms. The van der Waals surface area contributed by atoms with Crippen LogP contribution in [0.2, 0.25) is 0 Å². The van der Waals surface area contributed by atoms with Gasteiger partial charge in [0.05, 0.1) is 19.5 Å². The molecule has 3 heterocycles. The van der Waals surface area contributed by atoms with Crippen molar-refractivity contribution >= 4 is 29.3 Å². The van der Waals surface area contributed by atoms with Gasteiger partial charge in [-0.2, -0.15) is 11.8 Å². The van der Waals surface area contributed by atoms with Crippen molar-refractivity contribution in [3.63, 3.8) is 0 Å². The van der Waals surface area contributed by atoms with Crippen LogP contribution in [0, 0.1) is 0 Å². The quantitative estimate of drug-likeness (QED) is 0.647. The van der Waals surface area contributed by atoms with Crippen molar-refractivity contribution in [3.8, 4) is 0 Å². The number of anilines is 1. The first-order valence-electron chi connectivity index (χ1n) is 10.7. The average Bonchev–Trinajstić information content (AvgIpc) is 3.50. The van der Waals surface area contributed by atoms with Gasteiger partial charge in [0, 0.05) is 67.5 Å². The van der Waals surface area contributed by atoms with Crippen LogP contribution in [0.3, 0.4) is 0 Å². The van der Waals surface area contributed by atoms with E-state index in [4.69, 9.17) is 4.74 Å². The van der Waals surface area contributed by atoms with Crippen molar-refractivity contribution in [3.05, 3.63) is 48.5 Å². The standard InChI is InChI=1S/C22H29N5O3S/c28-20(4-7-26-8-6-23-17-26)25-19-3-1-2-18(14-19)21(29)24-15-22(5-13-31-16-22)27-9-11-30-12-10-27/h1-3,6,8,14,17H,4-5,7,9-13,15-16H2,(H,24,29)(H,25,28). The number of aromatic nitrogens is 2. The summed E-state index contributed by atoms with van der Waals surface area (Å²) in [5, 5.41) is 6.02.